The van der Waals surface area contributed by atoms with E-state index < -0.39 is 0 Å². The molecule has 122 valence electrons. The molecule has 1 atom stereocenters. The van der Waals surface area contributed by atoms with Crippen LogP contribution in [-0.4, -0.2) is 30.3 Å². The highest BCUT2D eigenvalue weighted by Crippen LogP contribution is 2.22. The molecule has 1 aromatic carbocycles. The van der Waals surface area contributed by atoms with Crippen LogP contribution in [0, 0.1) is 0 Å². The number of nitrogens with zero attached hydrogens (tertiary/aromatic N) is 1. The molecule has 0 aliphatic carbocycles. The summed E-state index contributed by atoms with van der Waals surface area (Å²) in [6, 6.07) is 7.60. The largest absolute Gasteiger partial charge is 0.356 e. The van der Waals surface area contributed by atoms with E-state index in [1.54, 1.807) is 4.90 Å². The molecule has 0 fully saturated rings. The van der Waals surface area contributed by atoms with E-state index in [4.69, 9.17) is 11.6 Å². The van der Waals surface area contributed by atoms with Crippen LogP contribution in [0.5, 0.6) is 0 Å². The summed E-state index contributed by atoms with van der Waals surface area (Å²) < 4.78 is 0. The number of unbranched alkanes of at least 4 members (excludes halogenated alkanes) is 2. The van der Waals surface area contributed by atoms with Gasteiger partial charge in [-0.3, -0.25) is 9.59 Å². The van der Waals surface area contributed by atoms with Crippen molar-refractivity contribution in [3.63, 3.8) is 0 Å². The Bertz CT molecular complexity index is 505. The van der Waals surface area contributed by atoms with Gasteiger partial charge in [-0.15, -0.1) is 0 Å². The van der Waals surface area contributed by atoms with Crippen molar-refractivity contribution in [2.45, 2.75) is 45.6 Å². The standard InChI is InChI=1S/C17H25ClN2O2/c1-13(15-8-7-9-16(18)12-15)20(3)17(22)10-5-4-6-11-19-14(2)21/h7-9,12-13H,4-6,10-11H2,1-3H3,(H,19,21). The van der Waals surface area contributed by atoms with Gasteiger partial charge in [0.25, 0.3) is 0 Å². The van der Waals surface area contributed by atoms with Crippen LogP contribution in [0.4, 0.5) is 0 Å². The molecule has 0 aliphatic heterocycles. The van der Waals surface area contributed by atoms with Gasteiger partial charge in [0, 0.05) is 32.0 Å². The third-order valence-corrected chi connectivity index (χ3v) is 3.98. The molecular formula is C17H25ClN2O2. The predicted molar refractivity (Wildman–Crippen MR) is 89.8 cm³/mol. The highest BCUT2D eigenvalue weighted by molar-refractivity contribution is 6.30. The number of hydrogen-bond acceptors (Lipinski definition) is 2. The first kappa shape index (κ1) is 18.5. The number of hydrogen-bond donors (Lipinski definition) is 1. The predicted octanol–water partition coefficient (Wildman–Crippen LogP) is 3.56. The van der Waals surface area contributed by atoms with Gasteiger partial charge in [-0.25, -0.2) is 0 Å². The molecule has 1 unspecified atom stereocenters. The molecule has 0 bridgehead atoms. The maximum absolute atomic E-state index is 12.2. The Kier molecular flexibility index (Phi) is 7.96. The molecule has 5 heteroatoms. The molecule has 4 nitrogen and oxygen atoms in total. The average Bonchev–Trinajstić information content (AvgIpc) is 2.48. The summed E-state index contributed by atoms with van der Waals surface area (Å²) in [4.78, 5) is 24.7. The first-order valence-electron chi connectivity index (χ1n) is 7.67. The van der Waals surface area contributed by atoms with E-state index in [-0.39, 0.29) is 17.9 Å². The third kappa shape index (κ3) is 6.48. The van der Waals surface area contributed by atoms with E-state index in [0.29, 0.717) is 18.0 Å². The second-order valence-corrected chi connectivity index (χ2v) is 5.97. The lowest BCUT2D eigenvalue weighted by Gasteiger charge is -2.25. The van der Waals surface area contributed by atoms with Gasteiger partial charge >= 0.3 is 0 Å². The molecule has 1 rings (SSSR count). The summed E-state index contributed by atoms with van der Waals surface area (Å²) >= 11 is 5.99. The first-order chi connectivity index (χ1) is 10.4. The van der Waals surface area contributed by atoms with E-state index in [9.17, 15) is 9.59 Å². The molecule has 0 radical (unpaired) electrons. The van der Waals surface area contributed by atoms with Crippen molar-refractivity contribution in [1.82, 2.24) is 10.2 Å². The number of nitrogens with one attached hydrogen (secondary N) is 1. The molecule has 22 heavy (non-hydrogen) atoms. The summed E-state index contributed by atoms with van der Waals surface area (Å²) in [5.74, 6) is 0.123. The fraction of sp³-hybridized carbons (Fsp3) is 0.529. The number of carbonyl (C=O) groups is 2. The maximum Gasteiger partial charge on any atom is 0.222 e. The molecular weight excluding hydrogens is 300 g/mol. The van der Waals surface area contributed by atoms with E-state index >= 15 is 0 Å². The van der Waals surface area contributed by atoms with Gasteiger partial charge in [-0.05, 0) is 37.5 Å². The Morgan fingerprint density at radius 2 is 2.00 bits per heavy atom. The zero-order chi connectivity index (χ0) is 16.5. The summed E-state index contributed by atoms with van der Waals surface area (Å²) in [6.07, 6.45) is 3.21. The normalized spacial score (nSPS) is 11.8. The Hall–Kier alpha value is -1.55. The van der Waals surface area contributed by atoms with Crippen LogP contribution in [0.2, 0.25) is 5.02 Å². The molecule has 2 amide bonds. The zero-order valence-corrected chi connectivity index (χ0v) is 14.3. The molecule has 0 spiro atoms. The van der Waals surface area contributed by atoms with Crippen LogP contribution in [0.25, 0.3) is 0 Å². The minimum atomic E-state index is -0.00819. The molecule has 0 saturated heterocycles. The molecule has 1 N–H and O–H groups in total. The van der Waals surface area contributed by atoms with Crippen molar-refractivity contribution in [1.29, 1.82) is 0 Å². The van der Waals surface area contributed by atoms with E-state index in [1.807, 2.05) is 38.2 Å². The minimum Gasteiger partial charge on any atom is -0.356 e. The molecule has 0 aliphatic rings. The monoisotopic (exact) mass is 324 g/mol. The zero-order valence-electron chi connectivity index (χ0n) is 13.6. The number of carbonyl (C=O) groups excluding carboxylic acids is 2. The molecule has 0 aromatic heterocycles. The SMILES string of the molecule is CC(=O)NCCCCCC(=O)N(C)C(C)c1cccc(Cl)c1. The highest BCUT2D eigenvalue weighted by Gasteiger charge is 2.17. The Balaban J connectivity index is 2.34. The van der Waals surface area contributed by atoms with Crippen molar-refractivity contribution >= 4 is 23.4 Å². The number of rotatable bonds is 8. The Morgan fingerprint density at radius 3 is 2.64 bits per heavy atom. The van der Waals surface area contributed by atoms with Gasteiger partial charge in [0.15, 0.2) is 0 Å². The summed E-state index contributed by atoms with van der Waals surface area (Å²) in [7, 11) is 1.82. The average molecular weight is 325 g/mol. The highest BCUT2D eigenvalue weighted by atomic mass is 35.5. The summed E-state index contributed by atoms with van der Waals surface area (Å²) in [6.45, 7) is 4.19. The molecule has 0 saturated carbocycles. The van der Waals surface area contributed by atoms with Crippen molar-refractivity contribution in [2.24, 2.45) is 0 Å². The van der Waals surface area contributed by atoms with Gasteiger partial charge in [0.05, 0.1) is 6.04 Å². The van der Waals surface area contributed by atoms with Crippen LogP contribution in [-0.2, 0) is 9.59 Å². The van der Waals surface area contributed by atoms with E-state index in [1.165, 1.54) is 6.92 Å². The molecule has 1 aromatic rings. The second kappa shape index (κ2) is 9.46. The quantitative estimate of drug-likeness (QED) is 0.743. The van der Waals surface area contributed by atoms with E-state index in [2.05, 4.69) is 5.32 Å². The summed E-state index contributed by atoms with van der Waals surface area (Å²) in [5, 5.41) is 3.44. The Labute approximate surface area is 137 Å². The molecule has 0 heterocycles. The van der Waals surface area contributed by atoms with E-state index in [0.717, 1.165) is 24.8 Å². The van der Waals surface area contributed by atoms with Crippen molar-refractivity contribution < 1.29 is 9.59 Å². The van der Waals surface area contributed by atoms with Crippen molar-refractivity contribution in [3.05, 3.63) is 34.9 Å². The van der Waals surface area contributed by atoms with Crippen LogP contribution in [0.15, 0.2) is 24.3 Å². The number of amides is 2. The van der Waals surface area contributed by atoms with Crippen LogP contribution < -0.4 is 5.32 Å². The topological polar surface area (TPSA) is 49.4 Å². The number of benzene rings is 1. The fourth-order valence-electron chi connectivity index (χ4n) is 2.22. The Morgan fingerprint density at radius 1 is 1.27 bits per heavy atom. The maximum atomic E-state index is 12.2. The minimum absolute atomic E-state index is 0.00517. The summed E-state index contributed by atoms with van der Waals surface area (Å²) in [5.41, 5.74) is 1.04. The smallest absolute Gasteiger partial charge is 0.222 e. The van der Waals surface area contributed by atoms with Gasteiger partial charge in [-0.1, -0.05) is 30.2 Å². The van der Waals surface area contributed by atoms with Gasteiger partial charge in [0.1, 0.15) is 0 Å². The third-order valence-electron chi connectivity index (χ3n) is 3.75. The van der Waals surface area contributed by atoms with Gasteiger partial charge in [0.2, 0.25) is 11.8 Å². The first-order valence-corrected chi connectivity index (χ1v) is 8.05. The number of halogens is 1. The lowest BCUT2D eigenvalue weighted by molar-refractivity contribution is -0.132. The van der Waals surface area contributed by atoms with Crippen LogP contribution >= 0.6 is 11.6 Å². The van der Waals surface area contributed by atoms with Gasteiger partial charge in [-0.2, -0.15) is 0 Å². The second-order valence-electron chi connectivity index (χ2n) is 5.53. The fourth-order valence-corrected chi connectivity index (χ4v) is 2.42. The van der Waals surface area contributed by atoms with Crippen LogP contribution in [0.3, 0.4) is 0 Å². The lowest BCUT2D eigenvalue weighted by atomic mass is 10.1. The van der Waals surface area contributed by atoms with Crippen molar-refractivity contribution in [2.75, 3.05) is 13.6 Å². The lowest BCUT2D eigenvalue weighted by Crippen LogP contribution is -2.29. The van der Waals surface area contributed by atoms with Crippen molar-refractivity contribution in [3.8, 4) is 0 Å². The van der Waals surface area contributed by atoms with Crippen LogP contribution in [0.1, 0.15) is 51.1 Å². The van der Waals surface area contributed by atoms with Gasteiger partial charge < -0.3 is 10.2 Å².